The number of carbonyl (C=O) groups is 2. The van der Waals surface area contributed by atoms with Crippen LogP contribution in [0.25, 0.3) is 16.7 Å². The van der Waals surface area contributed by atoms with Crippen molar-refractivity contribution < 1.29 is 19.1 Å². The molecule has 0 radical (unpaired) electrons. The number of hydrogen-bond donors (Lipinski definition) is 1. The van der Waals surface area contributed by atoms with E-state index < -0.39 is 6.04 Å². The van der Waals surface area contributed by atoms with Crippen molar-refractivity contribution >= 4 is 39.9 Å². The van der Waals surface area contributed by atoms with E-state index in [1.54, 1.807) is 22.9 Å². The number of anilines is 1. The second-order valence-electron chi connectivity index (χ2n) is 9.86. The summed E-state index contributed by atoms with van der Waals surface area (Å²) in [5, 5.41) is 24.8. The molecule has 1 aliphatic heterocycles. The SMILES string of the molecule is COc1cc(N(C(=O)Cn2nnc3ccccc32)[C@@H](C(=O)NC[C@@H]2CCCO2)c2sccc2C)ccc1-n1cnnn1. The van der Waals surface area contributed by atoms with Crippen molar-refractivity contribution in [1.29, 1.82) is 0 Å². The Morgan fingerprint density at radius 3 is 2.83 bits per heavy atom. The molecule has 1 fully saturated rings. The summed E-state index contributed by atoms with van der Waals surface area (Å²) in [6.07, 6.45) is 3.23. The molecule has 4 heterocycles. The fourth-order valence-electron chi connectivity index (χ4n) is 5.09. The Hall–Kier alpha value is -4.69. The van der Waals surface area contributed by atoms with E-state index in [0.29, 0.717) is 41.3 Å². The molecule has 1 aliphatic rings. The van der Waals surface area contributed by atoms with Crippen LogP contribution in [0, 0.1) is 6.92 Å². The average molecular weight is 588 g/mol. The predicted octanol–water partition coefficient (Wildman–Crippen LogP) is 2.86. The first-order valence-corrected chi connectivity index (χ1v) is 14.4. The van der Waals surface area contributed by atoms with E-state index in [1.807, 2.05) is 42.6 Å². The maximum absolute atomic E-state index is 14.3. The highest BCUT2D eigenvalue weighted by atomic mass is 32.1. The molecule has 1 N–H and O–H groups in total. The zero-order valence-electron chi connectivity index (χ0n) is 23.1. The molecule has 0 spiro atoms. The Morgan fingerprint density at radius 2 is 2.10 bits per heavy atom. The number of amides is 2. The molecule has 0 unspecified atom stereocenters. The number of nitrogens with one attached hydrogen (secondary N) is 1. The van der Waals surface area contributed by atoms with Crippen LogP contribution in [-0.2, 0) is 20.9 Å². The van der Waals surface area contributed by atoms with E-state index in [-0.39, 0.29) is 24.5 Å². The molecule has 0 bridgehead atoms. The van der Waals surface area contributed by atoms with Crippen LogP contribution >= 0.6 is 11.3 Å². The summed E-state index contributed by atoms with van der Waals surface area (Å²) in [6.45, 7) is 2.83. The highest BCUT2D eigenvalue weighted by molar-refractivity contribution is 7.10. The van der Waals surface area contributed by atoms with Crippen molar-refractivity contribution in [3.63, 3.8) is 0 Å². The number of methoxy groups -OCH3 is 1. The third-order valence-electron chi connectivity index (χ3n) is 7.20. The number of aryl methyl sites for hydroxylation is 1. The van der Waals surface area contributed by atoms with Crippen molar-refractivity contribution in [1.82, 2.24) is 40.5 Å². The third-order valence-corrected chi connectivity index (χ3v) is 8.27. The van der Waals surface area contributed by atoms with Crippen LogP contribution in [0.5, 0.6) is 5.75 Å². The molecule has 216 valence electrons. The van der Waals surface area contributed by atoms with Crippen LogP contribution in [0.2, 0.25) is 0 Å². The molecule has 1 saturated heterocycles. The summed E-state index contributed by atoms with van der Waals surface area (Å²) in [7, 11) is 1.52. The second kappa shape index (κ2) is 12.0. The number of aromatic nitrogens is 7. The topological polar surface area (TPSA) is 142 Å². The van der Waals surface area contributed by atoms with Crippen molar-refractivity contribution in [2.45, 2.75) is 38.5 Å². The highest BCUT2D eigenvalue weighted by Gasteiger charge is 2.36. The minimum absolute atomic E-state index is 0.0552. The van der Waals surface area contributed by atoms with Gasteiger partial charge >= 0.3 is 0 Å². The number of ether oxygens (including phenoxy) is 2. The largest absolute Gasteiger partial charge is 0.494 e. The third kappa shape index (κ3) is 5.45. The van der Waals surface area contributed by atoms with Gasteiger partial charge in [-0.2, -0.15) is 4.68 Å². The molecule has 5 aromatic rings. The Morgan fingerprint density at radius 1 is 1.21 bits per heavy atom. The summed E-state index contributed by atoms with van der Waals surface area (Å²) in [6, 6.07) is 13.6. The Bertz CT molecular complexity index is 1690. The first kappa shape index (κ1) is 27.5. The number of fused-ring (bicyclic) bond motifs is 1. The van der Waals surface area contributed by atoms with Crippen LogP contribution in [-0.4, -0.2) is 73.4 Å². The van der Waals surface area contributed by atoms with Gasteiger partial charge in [-0.25, -0.2) is 4.68 Å². The minimum atomic E-state index is -0.961. The number of benzene rings is 2. The molecule has 2 aromatic carbocycles. The maximum atomic E-state index is 14.3. The van der Waals surface area contributed by atoms with E-state index >= 15 is 0 Å². The summed E-state index contributed by atoms with van der Waals surface area (Å²) in [5.41, 5.74) is 3.32. The fourth-order valence-corrected chi connectivity index (χ4v) is 6.10. The van der Waals surface area contributed by atoms with E-state index in [0.717, 1.165) is 23.3 Å². The smallest absolute Gasteiger partial charge is 0.249 e. The van der Waals surface area contributed by atoms with Crippen LogP contribution in [0.4, 0.5) is 5.69 Å². The van der Waals surface area contributed by atoms with Crippen molar-refractivity contribution in [3.05, 3.63) is 70.7 Å². The van der Waals surface area contributed by atoms with E-state index in [2.05, 4.69) is 31.2 Å². The summed E-state index contributed by atoms with van der Waals surface area (Å²) in [5.74, 6) is -0.241. The molecule has 0 saturated carbocycles. The van der Waals surface area contributed by atoms with Crippen LogP contribution in [0.15, 0.2) is 60.2 Å². The van der Waals surface area contributed by atoms with Gasteiger partial charge in [-0.1, -0.05) is 17.3 Å². The number of thiophene rings is 1. The monoisotopic (exact) mass is 587 g/mol. The van der Waals surface area contributed by atoms with Crippen LogP contribution < -0.4 is 15.0 Å². The fraction of sp³-hybridized carbons (Fsp3) is 0.321. The van der Waals surface area contributed by atoms with Gasteiger partial charge in [-0.15, -0.1) is 21.5 Å². The maximum Gasteiger partial charge on any atom is 0.249 e. The highest BCUT2D eigenvalue weighted by Crippen LogP contribution is 2.36. The van der Waals surface area contributed by atoms with E-state index in [1.165, 1.54) is 34.4 Å². The molecule has 3 aromatic heterocycles. The number of rotatable bonds is 10. The van der Waals surface area contributed by atoms with Crippen LogP contribution in [0.1, 0.15) is 29.3 Å². The zero-order valence-corrected chi connectivity index (χ0v) is 23.9. The summed E-state index contributed by atoms with van der Waals surface area (Å²) >= 11 is 1.42. The molecule has 2 amide bonds. The number of carbonyl (C=O) groups excluding carboxylic acids is 2. The lowest BCUT2D eigenvalue weighted by atomic mass is 10.1. The Balaban J connectivity index is 1.43. The molecular formula is C28H29N9O4S. The molecule has 2 atom stereocenters. The van der Waals surface area contributed by atoms with E-state index in [9.17, 15) is 9.59 Å². The van der Waals surface area contributed by atoms with Gasteiger partial charge in [0, 0.05) is 29.8 Å². The van der Waals surface area contributed by atoms with Crippen LogP contribution in [0.3, 0.4) is 0 Å². The van der Waals surface area contributed by atoms with Gasteiger partial charge in [0.1, 0.15) is 29.8 Å². The van der Waals surface area contributed by atoms with Crippen molar-refractivity contribution in [2.24, 2.45) is 0 Å². The minimum Gasteiger partial charge on any atom is -0.494 e. The van der Waals surface area contributed by atoms with Gasteiger partial charge in [0.2, 0.25) is 11.8 Å². The van der Waals surface area contributed by atoms with Gasteiger partial charge in [0.25, 0.3) is 0 Å². The summed E-state index contributed by atoms with van der Waals surface area (Å²) < 4.78 is 14.4. The Labute approximate surface area is 245 Å². The molecular weight excluding hydrogens is 558 g/mol. The second-order valence-corrected chi connectivity index (χ2v) is 10.8. The predicted molar refractivity (Wildman–Crippen MR) is 155 cm³/mol. The zero-order chi connectivity index (χ0) is 29.1. The number of para-hydroxylation sites is 1. The molecule has 13 nitrogen and oxygen atoms in total. The summed E-state index contributed by atoms with van der Waals surface area (Å²) in [4.78, 5) is 30.6. The van der Waals surface area contributed by atoms with Gasteiger partial charge in [0.05, 0.1) is 18.7 Å². The average Bonchev–Trinajstić information content (AvgIpc) is 3.83. The molecule has 6 rings (SSSR count). The van der Waals surface area contributed by atoms with Crippen molar-refractivity contribution in [2.75, 3.05) is 25.2 Å². The molecule has 14 heteroatoms. The lowest BCUT2D eigenvalue weighted by Crippen LogP contribution is -2.46. The van der Waals surface area contributed by atoms with Gasteiger partial charge < -0.3 is 14.8 Å². The molecule has 0 aliphatic carbocycles. The van der Waals surface area contributed by atoms with Gasteiger partial charge in [0.15, 0.2) is 6.04 Å². The first-order chi connectivity index (χ1) is 20.5. The van der Waals surface area contributed by atoms with Crippen molar-refractivity contribution in [3.8, 4) is 11.4 Å². The number of tetrazole rings is 1. The van der Waals surface area contributed by atoms with Gasteiger partial charge in [-0.3, -0.25) is 14.5 Å². The quantitative estimate of drug-likeness (QED) is 0.261. The first-order valence-electron chi connectivity index (χ1n) is 13.5. The number of hydrogen-bond acceptors (Lipinski definition) is 10. The molecule has 42 heavy (non-hydrogen) atoms. The normalized spacial score (nSPS) is 15.5. The standard InChI is InChI=1S/C28H29N9O4S/c1-18-11-13-42-27(18)26(28(39)29-15-20-6-5-12-41-20)37(25(38)16-35-22-8-4-3-7-21(22)31-33-35)19-9-10-23(24(14-19)40-2)36-17-30-32-34-36/h3-4,7-11,13-14,17,20,26H,5-6,12,15-16H2,1-2H3,(H,29,39)/t20-,26+/m0/s1. The van der Waals surface area contributed by atoms with E-state index in [4.69, 9.17) is 9.47 Å². The Kier molecular flexibility index (Phi) is 7.88. The number of nitrogens with zero attached hydrogens (tertiary/aromatic N) is 8. The lowest BCUT2D eigenvalue weighted by Gasteiger charge is -2.32. The van der Waals surface area contributed by atoms with Gasteiger partial charge in [-0.05, 0) is 71.5 Å². The lowest BCUT2D eigenvalue weighted by molar-refractivity contribution is -0.127.